The Morgan fingerprint density at radius 2 is 1.86 bits per heavy atom. The van der Waals surface area contributed by atoms with Crippen LogP contribution in [-0.2, 0) is 20.9 Å². The van der Waals surface area contributed by atoms with E-state index in [0.29, 0.717) is 61.0 Å². The molecular formula is C30H40N6O6Si. The van der Waals surface area contributed by atoms with E-state index in [-0.39, 0.29) is 29.2 Å². The lowest BCUT2D eigenvalue weighted by molar-refractivity contribution is 0.0851. The van der Waals surface area contributed by atoms with E-state index in [0.717, 1.165) is 11.1 Å². The number of fused-ring (bicyclic) bond motifs is 2. The van der Waals surface area contributed by atoms with Gasteiger partial charge < -0.3 is 33.1 Å². The molecule has 2 amide bonds. The third-order valence-corrected chi connectivity index (χ3v) is 12.7. The van der Waals surface area contributed by atoms with E-state index in [9.17, 15) is 9.59 Å². The lowest BCUT2D eigenvalue weighted by Crippen LogP contribution is -2.41. The second kappa shape index (κ2) is 12.0. The van der Waals surface area contributed by atoms with Crippen LogP contribution in [0.4, 0.5) is 16.8 Å². The first kappa shape index (κ1) is 30.5. The summed E-state index contributed by atoms with van der Waals surface area (Å²) in [5.41, 5.74) is 4.07. The van der Waals surface area contributed by atoms with Crippen LogP contribution in [0.1, 0.15) is 42.8 Å². The van der Waals surface area contributed by atoms with E-state index in [2.05, 4.69) is 54.5 Å². The van der Waals surface area contributed by atoms with Gasteiger partial charge in [-0.15, -0.1) is 0 Å². The average Bonchev–Trinajstić information content (AvgIpc) is 3.61. The van der Waals surface area contributed by atoms with E-state index in [1.807, 2.05) is 35.9 Å². The highest BCUT2D eigenvalue weighted by molar-refractivity contribution is 6.74. The Bertz CT molecular complexity index is 1640. The quantitative estimate of drug-likeness (QED) is 0.171. The number of imidazole rings is 1. The van der Waals surface area contributed by atoms with Crippen LogP contribution in [0.15, 0.2) is 40.8 Å². The smallest absolute Gasteiger partial charge is 0.410 e. The minimum atomic E-state index is -1.79. The predicted octanol–water partition coefficient (Wildman–Crippen LogP) is 5.35. The Morgan fingerprint density at radius 1 is 1.07 bits per heavy atom. The molecule has 0 radical (unpaired) electrons. The summed E-state index contributed by atoms with van der Waals surface area (Å²) in [5, 5.41) is 6.19. The highest BCUT2D eigenvalue weighted by Gasteiger charge is 2.36. The number of carbonyl (C=O) groups is 2. The molecule has 1 fully saturated rings. The molecule has 1 atom stereocenters. The topological polar surface area (TPSA) is 133 Å². The zero-order valence-corrected chi connectivity index (χ0v) is 26.8. The van der Waals surface area contributed by atoms with Crippen molar-refractivity contribution in [2.24, 2.45) is 7.05 Å². The second-order valence-electron chi connectivity index (χ2n) is 12.3. The Hall–Kier alpha value is -3.94. The third kappa shape index (κ3) is 6.68. The number of carbonyl (C=O) groups excluding carboxylic acids is 2. The number of anilines is 2. The number of aryl methyl sites for hydroxylation is 1. The Kier molecular flexibility index (Phi) is 8.50. The summed E-state index contributed by atoms with van der Waals surface area (Å²) < 4.78 is 25.0. The standard InChI is InChI=1S/C30H40N6O6Si/c1-30(2,3)43(6,7)40-15-14-39-13-12-31-26(37)20-9-11-23-22(16-20)32-27(36(23)5)34-28-33-21-10-8-19(17-24(21)41-28)25-18-35(4)29(38)42-25/h8-11,16-17,25H,12-15,18H2,1-7H3,(H,31,37)(H,32,33,34). The van der Waals surface area contributed by atoms with Crippen LogP contribution in [0.3, 0.4) is 0 Å². The maximum atomic E-state index is 12.8. The number of aromatic nitrogens is 3. The second-order valence-corrected chi connectivity index (χ2v) is 17.1. The minimum absolute atomic E-state index is 0.161. The first-order valence-electron chi connectivity index (χ1n) is 14.4. The largest absolute Gasteiger partial charge is 0.439 e. The van der Waals surface area contributed by atoms with Crippen molar-refractivity contribution >= 4 is 54.4 Å². The normalized spacial score (nSPS) is 15.8. The molecule has 2 aromatic heterocycles. The molecule has 1 unspecified atom stereocenters. The van der Waals surface area contributed by atoms with Crippen molar-refractivity contribution in [2.45, 2.75) is 45.0 Å². The van der Waals surface area contributed by atoms with Gasteiger partial charge in [0.1, 0.15) is 11.6 Å². The fourth-order valence-electron chi connectivity index (χ4n) is 4.50. The number of hydrogen-bond donors (Lipinski definition) is 2. The third-order valence-electron chi connectivity index (χ3n) is 8.17. The molecule has 3 heterocycles. The molecule has 2 N–H and O–H groups in total. The summed E-state index contributed by atoms with van der Waals surface area (Å²) in [7, 11) is 1.79. The van der Waals surface area contributed by atoms with Gasteiger partial charge in [-0.3, -0.25) is 10.1 Å². The Morgan fingerprint density at radius 3 is 2.58 bits per heavy atom. The Labute approximate surface area is 251 Å². The molecular weight excluding hydrogens is 568 g/mol. The van der Waals surface area contributed by atoms with Crippen LogP contribution >= 0.6 is 0 Å². The van der Waals surface area contributed by atoms with Crippen molar-refractivity contribution in [3.63, 3.8) is 0 Å². The number of rotatable bonds is 11. The van der Waals surface area contributed by atoms with Crippen LogP contribution in [-0.4, -0.2) is 79.7 Å². The monoisotopic (exact) mass is 608 g/mol. The molecule has 4 aromatic rings. The number of benzene rings is 2. The fourth-order valence-corrected chi connectivity index (χ4v) is 5.53. The van der Waals surface area contributed by atoms with Crippen LogP contribution < -0.4 is 10.6 Å². The number of nitrogens with zero attached hydrogens (tertiary/aromatic N) is 4. The van der Waals surface area contributed by atoms with Gasteiger partial charge in [-0.25, -0.2) is 9.78 Å². The highest BCUT2D eigenvalue weighted by Crippen LogP contribution is 2.36. The molecule has 13 heteroatoms. The summed E-state index contributed by atoms with van der Waals surface area (Å²) in [6.45, 7) is 13.4. The van der Waals surface area contributed by atoms with Crippen LogP contribution in [0.5, 0.6) is 0 Å². The average molecular weight is 609 g/mol. The molecule has 2 aromatic carbocycles. The van der Waals surface area contributed by atoms with Gasteiger partial charge in [0, 0.05) is 26.2 Å². The lowest BCUT2D eigenvalue weighted by atomic mass is 10.1. The van der Waals surface area contributed by atoms with Gasteiger partial charge in [0.25, 0.3) is 5.91 Å². The number of oxazole rings is 1. The van der Waals surface area contributed by atoms with Crippen LogP contribution in [0, 0.1) is 0 Å². The van der Waals surface area contributed by atoms with Crippen molar-refractivity contribution in [3.05, 3.63) is 47.5 Å². The highest BCUT2D eigenvalue weighted by atomic mass is 28.4. The van der Waals surface area contributed by atoms with Crippen molar-refractivity contribution in [2.75, 3.05) is 45.3 Å². The molecule has 1 aliphatic rings. The van der Waals surface area contributed by atoms with E-state index in [4.69, 9.17) is 18.3 Å². The molecule has 1 aliphatic heterocycles. The lowest BCUT2D eigenvalue weighted by Gasteiger charge is -2.36. The first-order chi connectivity index (χ1) is 20.3. The van der Waals surface area contributed by atoms with Gasteiger partial charge in [0.2, 0.25) is 5.95 Å². The van der Waals surface area contributed by atoms with Crippen molar-refractivity contribution in [1.82, 2.24) is 24.8 Å². The van der Waals surface area contributed by atoms with E-state index in [1.165, 1.54) is 4.90 Å². The number of likely N-dealkylation sites (N-methyl/N-ethyl adjacent to an activating group) is 1. The van der Waals surface area contributed by atoms with Gasteiger partial charge in [-0.05, 0) is 54.0 Å². The maximum Gasteiger partial charge on any atom is 0.410 e. The molecule has 43 heavy (non-hydrogen) atoms. The predicted molar refractivity (Wildman–Crippen MR) is 166 cm³/mol. The Balaban J connectivity index is 1.16. The zero-order chi connectivity index (χ0) is 30.9. The molecule has 0 bridgehead atoms. The van der Waals surface area contributed by atoms with Crippen molar-refractivity contribution in [1.29, 1.82) is 0 Å². The van der Waals surface area contributed by atoms with Gasteiger partial charge in [-0.2, -0.15) is 4.98 Å². The summed E-state index contributed by atoms with van der Waals surface area (Å²) in [5.74, 6) is 0.316. The molecule has 0 spiro atoms. The summed E-state index contributed by atoms with van der Waals surface area (Å²) in [4.78, 5) is 35.2. The van der Waals surface area contributed by atoms with Crippen LogP contribution in [0.25, 0.3) is 22.1 Å². The molecule has 0 saturated carbocycles. The van der Waals surface area contributed by atoms with Gasteiger partial charge >= 0.3 is 12.1 Å². The van der Waals surface area contributed by atoms with Crippen molar-refractivity contribution < 1.29 is 27.9 Å². The number of nitrogens with one attached hydrogen (secondary N) is 2. The molecule has 5 rings (SSSR count). The van der Waals surface area contributed by atoms with Gasteiger partial charge in [0.15, 0.2) is 13.9 Å². The van der Waals surface area contributed by atoms with E-state index < -0.39 is 8.32 Å². The zero-order valence-electron chi connectivity index (χ0n) is 25.8. The number of amides is 2. The van der Waals surface area contributed by atoms with Crippen LogP contribution in [0.2, 0.25) is 18.1 Å². The number of cyclic esters (lactones) is 1. The molecule has 0 aliphatic carbocycles. The fraction of sp³-hybridized carbons (Fsp3) is 0.467. The molecule has 12 nitrogen and oxygen atoms in total. The molecule has 1 saturated heterocycles. The SMILES string of the molecule is CN1CC(c2ccc3nc(Nc4nc5cc(C(=O)NCCOCCO[Si](C)(C)C(C)(C)C)ccc5n4C)oc3c2)OC1=O. The first-order valence-corrected chi connectivity index (χ1v) is 17.3. The van der Waals surface area contributed by atoms with Gasteiger partial charge in [-0.1, -0.05) is 26.8 Å². The summed E-state index contributed by atoms with van der Waals surface area (Å²) in [6.07, 6.45) is -0.700. The maximum absolute atomic E-state index is 12.8. The van der Waals surface area contributed by atoms with E-state index >= 15 is 0 Å². The number of ether oxygens (including phenoxy) is 2. The summed E-state index contributed by atoms with van der Waals surface area (Å²) in [6, 6.07) is 11.2. The van der Waals surface area contributed by atoms with E-state index in [1.54, 1.807) is 19.2 Å². The van der Waals surface area contributed by atoms with Crippen molar-refractivity contribution in [3.8, 4) is 0 Å². The summed E-state index contributed by atoms with van der Waals surface area (Å²) >= 11 is 0. The molecule has 230 valence electrons. The number of hydrogen-bond acceptors (Lipinski definition) is 9. The van der Waals surface area contributed by atoms with Gasteiger partial charge in [0.05, 0.1) is 37.4 Å². The minimum Gasteiger partial charge on any atom is -0.439 e.